The summed E-state index contributed by atoms with van der Waals surface area (Å²) in [5, 5.41) is 12.8. The van der Waals surface area contributed by atoms with E-state index in [0.29, 0.717) is 0 Å². The number of hydrogen-bond donors (Lipinski definition) is 2. The number of carboxylic acids is 1. The Hall–Kier alpha value is -1.71. The van der Waals surface area contributed by atoms with E-state index in [0.717, 1.165) is 11.5 Å². The molecule has 0 atom stereocenters. The molecule has 0 aliphatic carbocycles. The summed E-state index contributed by atoms with van der Waals surface area (Å²) >= 11 is 6.64. The van der Waals surface area contributed by atoms with Crippen LogP contribution >= 0.6 is 23.1 Å². The van der Waals surface area contributed by atoms with Gasteiger partial charge in [-0.15, -0.1) is 5.10 Å². The van der Waals surface area contributed by atoms with E-state index in [4.69, 9.17) is 16.7 Å². The van der Waals surface area contributed by atoms with E-state index < -0.39 is 16.0 Å². The summed E-state index contributed by atoms with van der Waals surface area (Å²) < 4.78 is 30.3. The molecular formula is C10H8ClN3O4S2. The lowest BCUT2D eigenvalue weighted by Gasteiger charge is -2.11. The van der Waals surface area contributed by atoms with Gasteiger partial charge in [0.05, 0.1) is 16.7 Å². The molecule has 0 radical (unpaired) electrons. The molecule has 0 saturated carbocycles. The van der Waals surface area contributed by atoms with Gasteiger partial charge < -0.3 is 5.11 Å². The maximum atomic E-state index is 12.2. The molecule has 1 aromatic carbocycles. The maximum Gasteiger partial charge on any atom is 0.336 e. The lowest BCUT2D eigenvalue weighted by Crippen LogP contribution is -2.15. The number of nitrogens with one attached hydrogen (secondary N) is 1. The Morgan fingerprint density at radius 3 is 2.70 bits per heavy atom. The number of aromatic carboxylic acids is 1. The highest BCUT2D eigenvalue weighted by Crippen LogP contribution is 2.26. The van der Waals surface area contributed by atoms with Crippen LogP contribution < -0.4 is 4.72 Å². The first kappa shape index (κ1) is 14.7. The van der Waals surface area contributed by atoms with Crippen LogP contribution in [0.1, 0.15) is 15.9 Å². The molecule has 0 spiro atoms. The molecule has 20 heavy (non-hydrogen) atoms. The first-order chi connectivity index (χ1) is 9.31. The number of halogens is 1. The molecule has 1 aromatic heterocycles. The predicted octanol–water partition coefficient (Wildman–Crippen LogP) is 2.00. The average Bonchev–Trinajstić information content (AvgIpc) is 2.83. The Bertz CT molecular complexity index is 759. The minimum atomic E-state index is -3.96. The Labute approximate surface area is 123 Å². The van der Waals surface area contributed by atoms with Crippen molar-refractivity contribution < 1.29 is 18.3 Å². The molecule has 1 heterocycles. The van der Waals surface area contributed by atoms with Crippen molar-refractivity contribution in [3.8, 4) is 0 Å². The highest BCUT2D eigenvalue weighted by molar-refractivity contribution is 7.93. The highest BCUT2D eigenvalue weighted by Gasteiger charge is 2.22. The molecule has 0 aliphatic rings. The fourth-order valence-corrected chi connectivity index (χ4v) is 3.82. The van der Waals surface area contributed by atoms with Crippen LogP contribution in [0.4, 0.5) is 5.00 Å². The van der Waals surface area contributed by atoms with Crippen molar-refractivity contribution in [3.05, 3.63) is 34.5 Å². The molecule has 2 rings (SSSR count). The SMILES string of the molecule is Cc1c(C(=O)O)cc(Cl)cc1S(=O)(=O)Nc1cnns1. The molecule has 0 aliphatic heterocycles. The lowest BCUT2D eigenvalue weighted by molar-refractivity contribution is 0.0696. The number of nitrogens with zero attached hydrogens (tertiary/aromatic N) is 2. The van der Waals surface area contributed by atoms with Gasteiger partial charge in [-0.2, -0.15) is 0 Å². The number of anilines is 1. The van der Waals surface area contributed by atoms with Gasteiger partial charge in [-0.1, -0.05) is 16.1 Å². The number of carboxylic acid groups (broad SMARTS) is 1. The van der Waals surface area contributed by atoms with E-state index in [2.05, 4.69) is 14.3 Å². The number of benzene rings is 1. The van der Waals surface area contributed by atoms with Crippen molar-refractivity contribution in [1.29, 1.82) is 0 Å². The summed E-state index contributed by atoms with van der Waals surface area (Å²) in [5.74, 6) is -1.25. The Balaban J connectivity index is 2.54. The zero-order chi connectivity index (χ0) is 14.9. The third kappa shape index (κ3) is 2.89. The van der Waals surface area contributed by atoms with Gasteiger partial charge in [0.2, 0.25) is 0 Å². The normalized spacial score (nSPS) is 11.3. The summed E-state index contributed by atoms with van der Waals surface area (Å²) in [5.41, 5.74) is -0.0628. The largest absolute Gasteiger partial charge is 0.478 e. The van der Waals surface area contributed by atoms with Crippen molar-refractivity contribution in [1.82, 2.24) is 9.59 Å². The van der Waals surface area contributed by atoms with E-state index in [1.165, 1.54) is 25.3 Å². The van der Waals surface area contributed by atoms with Gasteiger partial charge in [-0.05, 0) is 24.6 Å². The molecule has 0 unspecified atom stereocenters. The molecule has 0 fully saturated rings. The standard InChI is InChI=1S/C10H8ClN3O4S2/c1-5-7(10(15)16)2-6(11)3-8(5)20(17,18)13-9-4-12-14-19-9/h2-4,13H,1H3,(H,15,16). The smallest absolute Gasteiger partial charge is 0.336 e. The summed E-state index contributed by atoms with van der Waals surface area (Å²) in [6.45, 7) is 1.40. The minimum Gasteiger partial charge on any atom is -0.478 e. The van der Waals surface area contributed by atoms with Gasteiger partial charge in [0, 0.05) is 16.6 Å². The zero-order valence-corrected chi connectivity index (χ0v) is 12.4. The molecule has 0 amide bonds. The Kier molecular flexibility index (Phi) is 3.93. The molecule has 0 saturated heterocycles. The van der Waals surface area contributed by atoms with Gasteiger partial charge in [-0.25, -0.2) is 13.2 Å². The molecule has 2 N–H and O–H groups in total. The van der Waals surface area contributed by atoms with Crippen LogP contribution in [-0.2, 0) is 10.0 Å². The van der Waals surface area contributed by atoms with Crippen LogP contribution in [0, 0.1) is 6.92 Å². The van der Waals surface area contributed by atoms with Crippen molar-refractivity contribution in [2.24, 2.45) is 0 Å². The van der Waals surface area contributed by atoms with Gasteiger partial charge in [0.25, 0.3) is 10.0 Å². The summed E-state index contributed by atoms with van der Waals surface area (Å²) in [6, 6.07) is 2.40. The van der Waals surface area contributed by atoms with Gasteiger partial charge >= 0.3 is 5.97 Å². The van der Waals surface area contributed by atoms with E-state index >= 15 is 0 Å². The molecule has 106 valence electrons. The topological polar surface area (TPSA) is 109 Å². The number of sulfonamides is 1. The zero-order valence-electron chi connectivity index (χ0n) is 9.99. The minimum absolute atomic E-state index is 0.0239. The highest BCUT2D eigenvalue weighted by atomic mass is 35.5. The monoisotopic (exact) mass is 333 g/mol. The van der Waals surface area contributed by atoms with Crippen LogP contribution in [0.5, 0.6) is 0 Å². The molecule has 10 heteroatoms. The van der Waals surface area contributed by atoms with Crippen molar-refractivity contribution in [2.45, 2.75) is 11.8 Å². The fourth-order valence-electron chi connectivity index (χ4n) is 1.55. The summed E-state index contributed by atoms with van der Waals surface area (Å²) in [6.07, 6.45) is 1.25. The van der Waals surface area contributed by atoms with Crippen LogP contribution in [0.3, 0.4) is 0 Å². The van der Waals surface area contributed by atoms with E-state index in [1.54, 1.807) is 0 Å². The fraction of sp³-hybridized carbons (Fsp3) is 0.100. The van der Waals surface area contributed by atoms with Gasteiger partial charge in [-0.3, -0.25) is 4.72 Å². The van der Waals surface area contributed by atoms with E-state index in [-0.39, 0.29) is 26.0 Å². The first-order valence-electron chi connectivity index (χ1n) is 5.15. The maximum absolute atomic E-state index is 12.2. The van der Waals surface area contributed by atoms with Crippen molar-refractivity contribution in [2.75, 3.05) is 4.72 Å². The van der Waals surface area contributed by atoms with Gasteiger partial charge in [0.15, 0.2) is 0 Å². The van der Waals surface area contributed by atoms with E-state index in [1.807, 2.05) is 0 Å². The van der Waals surface area contributed by atoms with Crippen molar-refractivity contribution >= 4 is 44.1 Å². The Morgan fingerprint density at radius 1 is 1.45 bits per heavy atom. The predicted molar refractivity (Wildman–Crippen MR) is 73.9 cm³/mol. The lowest BCUT2D eigenvalue weighted by atomic mass is 10.1. The van der Waals surface area contributed by atoms with Crippen LogP contribution in [0.15, 0.2) is 23.2 Å². The molecule has 0 bridgehead atoms. The third-order valence-corrected chi connectivity index (χ3v) is 4.86. The second-order valence-corrected chi connectivity index (χ2v) is 6.64. The second kappa shape index (κ2) is 5.35. The van der Waals surface area contributed by atoms with Crippen molar-refractivity contribution in [3.63, 3.8) is 0 Å². The summed E-state index contributed by atoms with van der Waals surface area (Å²) in [4.78, 5) is 10.9. The number of carbonyl (C=O) groups is 1. The van der Waals surface area contributed by atoms with Crippen LogP contribution in [-0.4, -0.2) is 29.1 Å². The second-order valence-electron chi connectivity index (χ2n) is 3.77. The first-order valence-corrected chi connectivity index (χ1v) is 7.78. The number of aromatic nitrogens is 2. The quantitative estimate of drug-likeness (QED) is 0.885. The molecule has 7 nitrogen and oxygen atoms in total. The van der Waals surface area contributed by atoms with Gasteiger partial charge in [0.1, 0.15) is 5.00 Å². The molecular weight excluding hydrogens is 326 g/mol. The number of rotatable bonds is 4. The average molecular weight is 334 g/mol. The Morgan fingerprint density at radius 2 is 2.15 bits per heavy atom. The number of hydrogen-bond acceptors (Lipinski definition) is 6. The van der Waals surface area contributed by atoms with Crippen LogP contribution in [0.2, 0.25) is 5.02 Å². The molecule has 2 aromatic rings. The van der Waals surface area contributed by atoms with E-state index in [9.17, 15) is 13.2 Å². The summed E-state index contributed by atoms with van der Waals surface area (Å²) in [7, 11) is -3.96. The third-order valence-electron chi connectivity index (χ3n) is 2.44. The van der Waals surface area contributed by atoms with Crippen LogP contribution in [0.25, 0.3) is 0 Å².